The third kappa shape index (κ3) is 2.56. The highest BCUT2D eigenvalue weighted by Crippen LogP contribution is 2.34. The third-order valence-electron chi connectivity index (χ3n) is 3.18. The molecule has 0 aromatic heterocycles. The number of nitrogens with two attached hydrogens (primary N) is 1. The van der Waals surface area contributed by atoms with Crippen molar-refractivity contribution in [1.29, 1.82) is 0 Å². The SMILES string of the molecule is Nc1cc2c(cc1Nc1cc(F)c(Br)cc1F)NC(=O)C2. The van der Waals surface area contributed by atoms with Crippen LogP contribution in [0.2, 0.25) is 0 Å². The Morgan fingerprint density at radius 2 is 1.90 bits per heavy atom. The predicted octanol–water partition coefficient (Wildman–Crippen LogP) is 3.55. The quantitative estimate of drug-likeness (QED) is 0.571. The highest BCUT2D eigenvalue weighted by Gasteiger charge is 2.20. The van der Waals surface area contributed by atoms with Crippen LogP contribution in [-0.4, -0.2) is 5.91 Å². The van der Waals surface area contributed by atoms with Crippen LogP contribution in [0.25, 0.3) is 0 Å². The van der Waals surface area contributed by atoms with E-state index in [1.165, 1.54) is 0 Å². The Kier molecular flexibility index (Phi) is 3.29. The lowest BCUT2D eigenvalue weighted by atomic mass is 10.1. The van der Waals surface area contributed by atoms with Gasteiger partial charge in [0, 0.05) is 11.8 Å². The summed E-state index contributed by atoms with van der Waals surface area (Å²) in [6.45, 7) is 0. The second-order valence-electron chi connectivity index (χ2n) is 4.69. The van der Waals surface area contributed by atoms with Crippen molar-refractivity contribution in [3.63, 3.8) is 0 Å². The molecule has 4 N–H and O–H groups in total. The summed E-state index contributed by atoms with van der Waals surface area (Å²) < 4.78 is 27.3. The van der Waals surface area contributed by atoms with Crippen molar-refractivity contribution in [2.45, 2.75) is 6.42 Å². The average Bonchev–Trinajstić information content (AvgIpc) is 2.75. The largest absolute Gasteiger partial charge is 0.397 e. The van der Waals surface area contributed by atoms with Crippen LogP contribution in [0.4, 0.5) is 31.5 Å². The molecule has 0 bridgehead atoms. The molecule has 2 aromatic rings. The summed E-state index contributed by atoms with van der Waals surface area (Å²) in [6, 6.07) is 5.31. The third-order valence-corrected chi connectivity index (χ3v) is 3.79. The van der Waals surface area contributed by atoms with E-state index in [0.717, 1.165) is 17.7 Å². The molecular formula is C14H10BrF2N3O. The normalized spacial score (nSPS) is 13.0. The first-order valence-corrected chi connectivity index (χ1v) is 6.87. The van der Waals surface area contributed by atoms with Crippen molar-refractivity contribution in [2.24, 2.45) is 0 Å². The topological polar surface area (TPSA) is 67.2 Å². The molecule has 108 valence electrons. The van der Waals surface area contributed by atoms with Gasteiger partial charge in [0.15, 0.2) is 0 Å². The van der Waals surface area contributed by atoms with Crippen molar-refractivity contribution < 1.29 is 13.6 Å². The van der Waals surface area contributed by atoms with Crippen LogP contribution in [0.1, 0.15) is 5.56 Å². The Morgan fingerprint density at radius 3 is 2.67 bits per heavy atom. The van der Waals surface area contributed by atoms with Gasteiger partial charge >= 0.3 is 0 Å². The molecular weight excluding hydrogens is 344 g/mol. The summed E-state index contributed by atoms with van der Waals surface area (Å²) in [7, 11) is 0. The zero-order valence-electron chi connectivity index (χ0n) is 10.6. The average molecular weight is 354 g/mol. The molecule has 21 heavy (non-hydrogen) atoms. The van der Waals surface area contributed by atoms with E-state index in [1.54, 1.807) is 12.1 Å². The van der Waals surface area contributed by atoms with Crippen molar-refractivity contribution in [1.82, 2.24) is 0 Å². The van der Waals surface area contributed by atoms with Crippen LogP contribution in [0.15, 0.2) is 28.7 Å². The Balaban J connectivity index is 1.98. The maximum Gasteiger partial charge on any atom is 0.228 e. The van der Waals surface area contributed by atoms with Gasteiger partial charge in [-0.3, -0.25) is 4.79 Å². The molecule has 0 unspecified atom stereocenters. The zero-order chi connectivity index (χ0) is 15.1. The number of nitrogens with one attached hydrogen (secondary N) is 2. The van der Waals surface area contributed by atoms with E-state index in [1.807, 2.05) is 0 Å². The lowest BCUT2D eigenvalue weighted by Gasteiger charge is -2.12. The van der Waals surface area contributed by atoms with Gasteiger partial charge in [0.05, 0.1) is 28.0 Å². The molecule has 0 radical (unpaired) electrons. The van der Waals surface area contributed by atoms with Gasteiger partial charge in [-0.25, -0.2) is 8.78 Å². The lowest BCUT2D eigenvalue weighted by molar-refractivity contribution is -0.115. The van der Waals surface area contributed by atoms with Crippen LogP contribution in [0.5, 0.6) is 0 Å². The van der Waals surface area contributed by atoms with Crippen molar-refractivity contribution >= 4 is 44.6 Å². The number of anilines is 4. The molecule has 2 aromatic carbocycles. The van der Waals surface area contributed by atoms with Gasteiger partial charge in [0.25, 0.3) is 0 Å². The zero-order valence-corrected chi connectivity index (χ0v) is 12.2. The van der Waals surface area contributed by atoms with Crippen molar-refractivity contribution in [3.05, 3.63) is 45.9 Å². The fourth-order valence-electron chi connectivity index (χ4n) is 2.17. The number of hydrogen-bond acceptors (Lipinski definition) is 3. The standard InChI is InChI=1S/C14H10BrF2N3O/c15-7-3-9(17)12(4-8(7)16)19-13-5-11-6(1-10(13)18)2-14(21)20-11/h1,3-5,19H,2,18H2,(H,20,21). The molecule has 3 rings (SSSR count). The van der Waals surface area contributed by atoms with Gasteiger partial charge < -0.3 is 16.4 Å². The Hall–Kier alpha value is -2.15. The van der Waals surface area contributed by atoms with Crippen LogP contribution in [0.3, 0.4) is 0 Å². The van der Waals surface area contributed by atoms with E-state index < -0.39 is 11.6 Å². The number of carbonyl (C=O) groups excluding carboxylic acids is 1. The van der Waals surface area contributed by atoms with Crippen molar-refractivity contribution in [2.75, 3.05) is 16.4 Å². The number of nitrogen functional groups attached to an aromatic ring is 1. The first-order valence-electron chi connectivity index (χ1n) is 6.08. The van der Waals surface area contributed by atoms with E-state index in [-0.39, 0.29) is 22.5 Å². The van der Waals surface area contributed by atoms with Gasteiger partial charge in [0.1, 0.15) is 11.6 Å². The van der Waals surface area contributed by atoms with Crippen LogP contribution < -0.4 is 16.4 Å². The molecule has 1 amide bonds. The van der Waals surface area contributed by atoms with Gasteiger partial charge in [-0.05, 0) is 39.7 Å². The van der Waals surface area contributed by atoms with Crippen LogP contribution >= 0.6 is 15.9 Å². The van der Waals surface area contributed by atoms with E-state index in [4.69, 9.17) is 5.73 Å². The number of benzene rings is 2. The van der Waals surface area contributed by atoms with Crippen LogP contribution in [0, 0.1) is 11.6 Å². The fraction of sp³-hybridized carbons (Fsp3) is 0.0714. The number of halogens is 3. The Bertz CT molecular complexity index is 764. The summed E-state index contributed by atoms with van der Waals surface area (Å²) in [5.74, 6) is -1.33. The number of hydrogen-bond donors (Lipinski definition) is 3. The fourth-order valence-corrected chi connectivity index (χ4v) is 2.48. The molecule has 1 heterocycles. The molecule has 0 atom stereocenters. The van der Waals surface area contributed by atoms with E-state index >= 15 is 0 Å². The molecule has 4 nitrogen and oxygen atoms in total. The maximum atomic E-state index is 13.8. The van der Waals surface area contributed by atoms with Gasteiger partial charge in [-0.2, -0.15) is 0 Å². The summed E-state index contributed by atoms with van der Waals surface area (Å²) >= 11 is 2.91. The molecule has 0 fully saturated rings. The molecule has 1 aliphatic heterocycles. The molecule has 7 heteroatoms. The first-order chi connectivity index (χ1) is 9.94. The Labute approximate surface area is 127 Å². The summed E-state index contributed by atoms with van der Waals surface area (Å²) in [6.07, 6.45) is 0.265. The smallest absolute Gasteiger partial charge is 0.228 e. The second kappa shape index (κ2) is 5.00. The van der Waals surface area contributed by atoms with Gasteiger partial charge in [-0.15, -0.1) is 0 Å². The number of carbonyl (C=O) groups is 1. The van der Waals surface area contributed by atoms with E-state index in [2.05, 4.69) is 26.6 Å². The summed E-state index contributed by atoms with van der Waals surface area (Å²) in [5.41, 5.74) is 8.00. The molecule has 0 spiro atoms. The van der Waals surface area contributed by atoms with E-state index in [0.29, 0.717) is 17.1 Å². The maximum absolute atomic E-state index is 13.8. The molecule has 0 saturated carbocycles. The van der Waals surface area contributed by atoms with Gasteiger partial charge in [-0.1, -0.05) is 0 Å². The summed E-state index contributed by atoms with van der Waals surface area (Å²) in [5, 5.41) is 5.42. The number of rotatable bonds is 2. The monoisotopic (exact) mass is 353 g/mol. The molecule has 0 saturated heterocycles. The minimum atomic E-state index is -0.618. The second-order valence-corrected chi connectivity index (χ2v) is 5.55. The van der Waals surface area contributed by atoms with Crippen LogP contribution in [-0.2, 0) is 11.2 Å². The van der Waals surface area contributed by atoms with E-state index in [9.17, 15) is 13.6 Å². The lowest BCUT2D eigenvalue weighted by Crippen LogP contribution is -2.03. The number of amides is 1. The predicted molar refractivity (Wildman–Crippen MR) is 80.5 cm³/mol. The first kappa shape index (κ1) is 13.8. The molecule has 1 aliphatic rings. The minimum absolute atomic E-state index is 0.0355. The van der Waals surface area contributed by atoms with Gasteiger partial charge in [0.2, 0.25) is 5.91 Å². The highest BCUT2D eigenvalue weighted by molar-refractivity contribution is 9.10. The summed E-state index contributed by atoms with van der Waals surface area (Å²) in [4.78, 5) is 11.3. The molecule has 0 aliphatic carbocycles. The Morgan fingerprint density at radius 1 is 1.14 bits per heavy atom. The number of fused-ring (bicyclic) bond motifs is 1. The highest BCUT2D eigenvalue weighted by atomic mass is 79.9. The minimum Gasteiger partial charge on any atom is -0.397 e. The van der Waals surface area contributed by atoms with Crippen molar-refractivity contribution in [3.8, 4) is 0 Å².